The number of methoxy groups -OCH3 is 1. The Morgan fingerprint density at radius 1 is 1.07 bits per heavy atom. The molecule has 0 bridgehead atoms. The van der Waals surface area contributed by atoms with E-state index in [1.54, 1.807) is 7.11 Å². The number of anilines is 1. The van der Waals surface area contributed by atoms with Crippen molar-refractivity contribution >= 4 is 22.4 Å². The molecule has 3 aromatic rings. The number of nitrogens with one attached hydrogen (secondary N) is 1. The van der Waals surface area contributed by atoms with Crippen LogP contribution in [0, 0.1) is 20.8 Å². The summed E-state index contributed by atoms with van der Waals surface area (Å²) in [5, 5.41) is 5.55. The highest BCUT2D eigenvalue weighted by Gasteiger charge is 2.11. The molecule has 0 saturated carbocycles. The van der Waals surface area contributed by atoms with Crippen LogP contribution in [0.5, 0.6) is 5.75 Å². The monoisotopic (exact) mass is 380 g/mol. The molecule has 1 aromatic heterocycles. The van der Waals surface area contributed by atoms with Crippen LogP contribution < -0.4 is 10.1 Å². The fraction of sp³-hybridized carbons (Fsp3) is 0.273. The minimum atomic E-state index is -0.0245. The van der Waals surface area contributed by atoms with Crippen molar-refractivity contribution in [3.05, 3.63) is 64.0 Å². The number of benzene rings is 2. The van der Waals surface area contributed by atoms with E-state index in [1.165, 1.54) is 28.0 Å². The number of aryl methyl sites for hydroxylation is 4. The van der Waals surface area contributed by atoms with Crippen LogP contribution in [0.4, 0.5) is 5.13 Å². The van der Waals surface area contributed by atoms with Crippen LogP contribution in [0.1, 0.15) is 28.7 Å². The van der Waals surface area contributed by atoms with Gasteiger partial charge in [-0.1, -0.05) is 18.2 Å². The Hall–Kier alpha value is -2.66. The lowest BCUT2D eigenvalue weighted by Crippen LogP contribution is -2.12. The summed E-state index contributed by atoms with van der Waals surface area (Å²) < 4.78 is 5.15. The first-order valence-corrected chi connectivity index (χ1v) is 9.81. The lowest BCUT2D eigenvalue weighted by atomic mass is 9.99. The third kappa shape index (κ3) is 4.74. The van der Waals surface area contributed by atoms with Crippen LogP contribution in [0.15, 0.2) is 41.8 Å². The van der Waals surface area contributed by atoms with E-state index in [2.05, 4.69) is 43.2 Å². The first kappa shape index (κ1) is 19.1. The van der Waals surface area contributed by atoms with Crippen molar-refractivity contribution < 1.29 is 9.53 Å². The van der Waals surface area contributed by atoms with Gasteiger partial charge in [-0.3, -0.25) is 4.79 Å². The molecule has 0 radical (unpaired) electrons. The molecule has 0 atom stereocenters. The normalized spacial score (nSPS) is 10.7. The number of nitrogens with zero attached hydrogens (tertiary/aromatic N) is 1. The molecule has 0 aliphatic carbocycles. The summed E-state index contributed by atoms with van der Waals surface area (Å²) in [6.07, 6.45) is 1.11. The van der Waals surface area contributed by atoms with Crippen LogP contribution >= 0.6 is 11.3 Å². The Morgan fingerprint density at radius 2 is 1.78 bits per heavy atom. The topological polar surface area (TPSA) is 51.2 Å². The quantitative estimate of drug-likeness (QED) is 0.630. The molecule has 1 N–H and O–H groups in total. The van der Waals surface area contributed by atoms with Gasteiger partial charge in [0, 0.05) is 17.4 Å². The standard InChI is InChI=1S/C22H24N2O2S/c1-14-11-16(3)19(12-15(14)2)20-13-27-22(23-20)24-21(25)10-7-17-5-8-18(26-4)9-6-17/h5-6,8-9,11-13H,7,10H2,1-4H3,(H,23,24,25). The van der Waals surface area contributed by atoms with E-state index in [0.717, 1.165) is 22.6 Å². The van der Waals surface area contributed by atoms with Gasteiger partial charge in [-0.25, -0.2) is 4.98 Å². The highest BCUT2D eigenvalue weighted by atomic mass is 32.1. The summed E-state index contributed by atoms with van der Waals surface area (Å²) in [5.74, 6) is 0.795. The van der Waals surface area contributed by atoms with E-state index in [1.807, 2.05) is 29.6 Å². The van der Waals surface area contributed by atoms with Crippen LogP contribution in [-0.4, -0.2) is 18.0 Å². The van der Waals surface area contributed by atoms with Gasteiger partial charge < -0.3 is 10.1 Å². The maximum Gasteiger partial charge on any atom is 0.226 e. The predicted octanol–water partition coefficient (Wildman–Crippen LogP) is 5.32. The smallest absolute Gasteiger partial charge is 0.226 e. The second-order valence-corrected chi connectivity index (χ2v) is 7.54. The zero-order valence-electron chi connectivity index (χ0n) is 16.1. The number of hydrogen-bond donors (Lipinski definition) is 1. The van der Waals surface area contributed by atoms with E-state index < -0.39 is 0 Å². The first-order chi connectivity index (χ1) is 13.0. The van der Waals surface area contributed by atoms with Crippen LogP contribution in [0.3, 0.4) is 0 Å². The molecule has 0 fully saturated rings. The van der Waals surface area contributed by atoms with Crippen molar-refractivity contribution in [2.75, 3.05) is 12.4 Å². The van der Waals surface area contributed by atoms with Crippen LogP contribution in [0.2, 0.25) is 0 Å². The summed E-state index contributed by atoms with van der Waals surface area (Å²) in [6, 6.07) is 12.1. The van der Waals surface area contributed by atoms with Crippen molar-refractivity contribution in [1.82, 2.24) is 4.98 Å². The third-order valence-electron chi connectivity index (χ3n) is 4.67. The Morgan fingerprint density at radius 3 is 2.48 bits per heavy atom. The molecular formula is C22H24N2O2S. The van der Waals surface area contributed by atoms with Crippen molar-refractivity contribution in [3.63, 3.8) is 0 Å². The maximum absolute atomic E-state index is 12.3. The van der Waals surface area contributed by atoms with Gasteiger partial charge in [-0.2, -0.15) is 0 Å². The number of aromatic nitrogens is 1. The molecule has 4 nitrogen and oxygen atoms in total. The van der Waals surface area contributed by atoms with Crippen LogP contribution in [0.25, 0.3) is 11.3 Å². The van der Waals surface area contributed by atoms with Gasteiger partial charge in [0.25, 0.3) is 0 Å². The molecule has 2 aromatic carbocycles. The average molecular weight is 381 g/mol. The molecule has 1 amide bonds. The minimum Gasteiger partial charge on any atom is -0.497 e. The molecule has 0 saturated heterocycles. The van der Waals surface area contributed by atoms with Crippen molar-refractivity contribution in [3.8, 4) is 17.0 Å². The molecule has 1 heterocycles. The van der Waals surface area contributed by atoms with Gasteiger partial charge >= 0.3 is 0 Å². The SMILES string of the molecule is COc1ccc(CCC(=O)Nc2nc(-c3cc(C)c(C)cc3C)cs2)cc1. The fourth-order valence-corrected chi connectivity index (χ4v) is 3.65. The van der Waals surface area contributed by atoms with Gasteiger partial charge in [0.05, 0.1) is 12.8 Å². The van der Waals surface area contributed by atoms with Crippen molar-refractivity contribution in [1.29, 1.82) is 0 Å². The highest BCUT2D eigenvalue weighted by molar-refractivity contribution is 7.14. The average Bonchev–Trinajstić information content (AvgIpc) is 3.11. The molecular weight excluding hydrogens is 356 g/mol. The van der Waals surface area contributed by atoms with Gasteiger partial charge in [0.15, 0.2) is 5.13 Å². The highest BCUT2D eigenvalue weighted by Crippen LogP contribution is 2.29. The Kier molecular flexibility index (Phi) is 5.91. The molecule has 3 rings (SSSR count). The lowest BCUT2D eigenvalue weighted by molar-refractivity contribution is -0.116. The number of ether oxygens (including phenoxy) is 1. The van der Waals surface area contributed by atoms with Gasteiger partial charge in [-0.15, -0.1) is 11.3 Å². The predicted molar refractivity (Wildman–Crippen MR) is 112 cm³/mol. The Bertz CT molecular complexity index is 945. The number of hydrogen-bond acceptors (Lipinski definition) is 4. The van der Waals surface area contributed by atoms with Gasteiger partial charge in [0.2, 0.25) is 5.91 Å². The Balaban J connectivity index is 1.61. The fourth-order valence-electron chi connectivity index (χ4n) is 2.92. The summed E-state index contributed by atoms with van der Waals surface area (Å²) in [5.41, 5.74) is 6.85. The van der Waals surface area contributed by atoms with E-state index in [0.29, 0.717) is 18.0 Å². The second-order valence-electron chi connectivity index (χ2n) is 6.69. The number of rotatable bonds is 6. The summed E-state index contributed by atoms with van der Waals surface area (Å²) >= 11 is 1.46. The summed E-state index contributed by atoms with van der Waals surface area (Å²) in [4.78, 5) is 16.9. The van der Waals surface area contributed by atoms with Gasteiger partial charge in [0.1, 0.15) is 5.75 Å². The number of carbonyl (C=O) groups is 1. The molecule has 0 spiro atoms. The number of thiazole rings is 1. The summed E-state index contributed by atoms with van der Waals surface area (Å²) in [7, 11) is 1.64. The van der Waals surface area contributed by atoms with E-state index in [4.69, 9.17) is 4.74 Å². The molecule has 27 heavy (non-hydrogen) atoms. The summed E-state index contributed by atoms with van der Waals surface area (Å²) in [6.45, 7) is 6.31. The molecule has 0 aliphatic heterocycles. The molecule has 140 valence electrons. The van der Waals surface area contributed by atoms with E-state index >= 15 is 0 Å². The van der Waals surface area contributed by atoms with E-state index in [-0.39, 0.29) is 5.91 Å². The number of carbonyl (C=O) groups excluding carboxylic acids is 1. The zero-order valence-corrected chi connectivity index (χ0v) is 16.9. The van der Waals surface area contributed by atoms with Crippen molar-refractivity contribution in [2.24, 2.45) is 0 Å². The van der Waals surface area contributed by atoms with E-state index in [9.17, 15) is 4.79 Å². The molecule has 0 unspecified atom stereocenters. The van der Waals surface area contributed by atoms with Crippen LogP contribution in [-0.2, 0) is 11.2 Å². The van der Waals surface area contributed by atoms with Crippen molar-refractivity contribution in [2.45, 2.75) is 33.6 Å². The Labute approximate surface area is 164 Å². The minimum absolute atomic E-state index is 0.0245. The first-order valence-electron chi connectivity index (χ1n) is 8.93. The molecule has 5 heteroatoms. The molecule has 0 aliphatic rings. The number of amides is 1. The lowest BCUT2D eigenvalue weighted by Gasteiger charge is -2.07. The second kappa shape index (κ2) is 8.35. The largest absolute Gasteiger partial charge is 0.497 e. The van der Waals surface area contributed by atoms with Gasteiger partial charge in [-0.05, 0) is 67.6 Å². The maximum atomic E-state index is 12.3. The third-order valence-corrected chi connectivity index (χ3v) is 5.42. The zero-order chi connectivity index (χ0) is 19.4.